The molecule has 28 heavy (non-hydrogen) atoms. The topological polar surface area (TPSA) is 116 Å². The first-order valence-corrected chi connectivity index (χ1v) is 11.9. The number of anilines is 1. The van der Waals surface area contributed by atoms with Crippen molar-refractivity contribution in [3.8, 4) is 0 Å². The molecule has 2 aromatic rings. The number of hydrogen-bond donors (Lipinski definition) is 3. The van der Waals surface area contributed by atoms with Crippen LogP contribution in [0.5, 0.6) is 0 Å². The van der Waals surface area contributed by atoms with E-state index in [2.05, 4.69) is 22.2 Å². The Morgan fingerprint density at radius 1 is 1.29 bits per heavy atom. The second-order valence-corrected chi connectivity index (χ2v) is 9.73. The van der Waals surface area contributed by atoms with Gasteiger partial charge in [-0.05, 0) is 36.1 Å². The minimum absolute atomic E-state index is 0.0229. The molecule has 1 saturated carbocycles. The van der Waals surface area contributed by atoms with Gasteiger partial charge in [-0.1, -0.05) is 26.2 Å². The second kappa shape index (κ2) is 9.00. The molecule has 3 unspecified atom stereocenters. The van der Waals surface area contributed by atoms with Crippen LogP contribution in [0.2, 0.25) is 0 Å². The summed E-state index contributed by atoms with van der Waals surface area (Å²) in [7, 11) is -3.05. The fourth-order valence-electron chi connectivity index (χ4n) is 3.85. The number of aliphatic hydroxyl groups excluding tert-OH is 1. The van der Waals surface area contributed by atoms with Crippen molar-refractivity contribution >= 4 is 37.7 Å². The summed E-state index contributed by atoms with van der Waals surface area (Å²) in [5.74, 6) is 0.799. The first kappa shape index (κ1) is 21.4. The van der Waals surface area contributed by atoms with Crippen LogP contribution in [0.1, 0.15) is 56.9 Å². The van der Waals surface area contributed by atoms with E-state index in [1.54, 1.807) is 17.7 Å². The Morgan fingerprint density at radius 3 is 2.79 bits per heavy atom. The quantitative estimate of drug-likeness (QED) is 0.415. The van der Waals surface area contributed by atoms with Crippen molar-refractivity contribution in [1.82, 2.24) is 14.3 Å². The van der Waals surface area contributed by atoms with Crippen LogP contribution < -0.4 is 5.32 Å². The molecule has 2 heterocycles. The van der Waals surface area contributed by atoms with Crippen LogP contribution in [0, 0.1) is 0 Å². The van der Waals surface area contributed by atoms with Crippen LogP contribution in [-0.4, -0.2) is 58.1 Å². The van der Waals surface area contributed by atoms with Gasteiger partial charge in [0, 0.05) is 13.6 Å². The van der Waals surface area contributed by atoms with E-state index < -0.39 is 22.4 Å². The number of thiophene rings is 1. The van der Waals surface area contributed by atoms with Crippen molar-refractivity contribution in [2.75, 3.05) is 18.9 Å². The number of nitrogens with zero attached hydrogens (tertiary/aromatic N) is 3. The van der Waals surface area contributed by atoms with Gasteiger partial charge in [0.25, 0.3) is 0 Å². The SMILES string of the molecule is CCCCCCNc1ncnc2c(C3CC(O)C(N(C)S(=O)(=O)O)C3)csc12. The van der Waals surface area contributed by atoms with Crippen LogP contribution in [0.4, 0.5) is 5.82 Å². The van der Waals surface area contributed by atoms with E-state index >= 15 is 0 Å². The van der Waals surface area contributed by atoms with Gasteiger partial charge in [0.05, 0.1) is 22.4 Å². The smallest absolute Gasteiger partial charge is 0.335 e. The Hall–Kier alpha value is -1.33. The summed E-state index contributed by atoms with van der Waals surface area (Å²) in [5.41, 5.74) is 1.85. The Morgan fingerprint density at radius 2 is 2.07 bits per heavy atom. The zero-order chi connectivity index (χ0) is 20.3. The van der Waals surface area contributed by atoms with E-state index in [0.717, 1.165) is 38.9 Å². The number of fused-ring (bicyclic) bond motifs is 1. The van der Waals surface area contributed by atoms with Crippen molar-refractivity contribution < 1.29 is 18.1 Å². The summed E-state index contributed by atoms with van der Waals surface area (Å²) in [5, 5.41) is 15.8. The molecule has 1 aliphatic rings. The van der Waals surface area contributed by atoms with Crippen molar-refractivity contribution in [2.24, 2.45) is 0 Å². The Balaban J connectivity index is 1.75. The molecular formula is C18H28N4O4S2. The number of unbranched alkanes of at least 4 members (excludes halogenated alkanes) is 3. The normalized spacial score (nSPS) is 23.0. The van der Waals surface area contributed by atoms with E-state index in [1.165, 1.54) is 26.3 Å². The van der Waals surface area contributed by atoms with Crippen LogP contribution in [-0.2, 0) is 10.3 Å². The zero-order valence-corrected chi connectivity index (χ0v) is 17.8. The molecule has 0 aliphatic heterocycles. The molecule has 0 saturated heterocycles. The molecule has 8 nitrogen and oxygen atoms in total. The monoisotopic (exact) mass is 428 g/mol. The largest absolute Gasteiger partial charge is 0.391 e. The number of hydrogen-bond acceptors (Lipinski definition) is 7. The van der Waals surface area contributed by atoms with Gasteiger partial charge in [0.15, 0.2) is 0 Å². The van der Waals surface area contributed by atoms with E-state index in [4.69, 9.17) is 0 Å². The summed E-state index contributed by atoms with van der Waals surface area (Å²) in [6.07, 6.45) is 6.30. The lowest BCUT2D eigenvalue weighted by atomic mass is 9.99. The Kier molecular flexibility index (Phi) is 6.87. The molecule has 1 aliphatic carbocycles. The molecule has 3 rings (SSSR count). The summed E-state index contributed by atoms with van der Waals surface area (Å²) < 4.78 is 34.0. The lowest BCUT2D eigenvalue weighted by Crippen LogP contribution is -2.41. The van der Waals surface area contributed by atoms with Gasteiger partial charge >= 0.3 is 10.3 Å². The Bertz CT molecular complexity index is 902. The molecule has 2 aromatic heterocycles. The number of aromatic nitrogens is 2. The molecule has 0 amide bonds. The van der Waals surface area contributed by atoms with Gasteiger partial charge in [-0.15, -0.1) is 11.3 Å². The van der Waals surface area contributed by atoms with E-state index in [9.17, 15) is 18.1 Å². The van der Waals surface area contributed by atoms with Gasteiger partial charge in [-0.3, -0.25) is 4.55 Å². The summed E-state index contributed by atoms with van der Waals surface area (Å²) in [6.45, 7) is 3.05. The standard InChI is InChI=1S/C18H28N4O4S2/c1-3-4-5-6-7-19-18-17-16(20-11-21-18)13(10-27-17)12-8-14(15(23)9-12)22(2)28(24,25)26/h10-12,14-15,23H,3-9H2,1-2H3,(H,19,20,21)(H,24,25,26). The molecule has 10 heteroatoms. The minimum atomic E-state index is -4.34. The fraction of sp³-hybridized carbons (Fsp3) is 0.667. The molecule has 0 bridgehead atoms. The van der Waals surface area contributed by atoms with Crippen molar-refractivity contribution in [2.45, 2.75) is 63.5 Å². The minimum Gasteiger partial charge on any atom is -0.391 e. The fourth-order valence-corrected chi connectivity index (χ4v) is 5.49. The average molecular weight is 429 g/mol. The number of aliphatic hydroxyl groups is 1. The van der Waals surface area contributed by atoms with Gasteiger partial charge in [-0.2, -0.15) is 12.7 Å². The zero-order valence-electron chi connectivity index (χ0n) is 16.2. The predicted molar refractivity (Wildman–Crippen MR) is 111 cm³/mol. The molecule has 0 aromatic carbocycles. The third-order valence-corrected chi connectivity index (χ3v) is 7.46. The lowest BCUT2D eigenvalue weighted by Gasteiger charge is -2.23. The lowest BCUT2D eigenvalue weighted by molar-refractivity contribution is 0.118. The molecule has 3 atom stereocenters. The second-order valence-electron chi connectivity index (χ2n) is 7.38. The van der Waals surface area contributed by atoms with Gasteiger partial charge in [-0.25, -0.2) is 9.97 Å². The van der Waals surface area contributed by atoms with Crippen LogP contribution >= 0.6 is 11.3 Å². The highest BCUT2D eigenvalue weighted by molar-refractivity contribution is 7.83. The molecule has 0 radical (unpaired) electrons. The van der Waals surface area contributed by atoms with Crippen LogP contribution in [0.15, 0.2) is 11.7 Å². The highest BCUT2D eigenvalue weighted by Gasteiger charge is 2.40. The van der Waals surface area contributed by atoms with Crippen molar-refractivity contribution in [3.05, 3.63) is 17.3 Å². The van der Waals surface area contributed by atoms with E-state index in [0.29, 0.717) is 12.8 Å². The first-order chi connectivity index (χ1) is 13.3. The van der Waals surface area contributed by atoms with Gasteiger partial charge in [0.2, 0.25) is 0 Å². The maximum absolute atomic E-state index is 11.4. The maximum Gasteiger partial charge on any atom is 0.335 e. The summed E-state index contributed by atoms with van der Waals surface area (Å²) in [4.78, 5) is 8.82. The molecular weight excluding hydrogens is 400 g/mol. The van der Waals surface area contributed by atoms with Crippen molar-refractivity contribution in [3.63, 3.8) is 0 Å². The van der Waals surface area contributed by atoms with Crippen molar-refractivity contribution in [1.29, 1.82) is 0 Å². The van der Waals surface area contributed by atoms with Gasteiger partial charge in [0.1, 0.15) is 12.1 Å². The Labute approximate surface area is 169 Å². The highest BCUT2D eigenvalue weighted by atomic mass is 32.2. The average Bonchev–Trinajstić information content (AvgIpc) is 3.24. The van der Waals surface area contributed by atoms with E-state index in [1.807, 2.05) is 5.38 Å². The van der Waals surface area contributed by atoms with Gasteiger partial charge < -0.3 is 10.4 Å². The highest BCUT2D eigenvalue weighted by Crippen LogP contribution is 2.42. The molecule has 156 valence electrons. The molecule has 1 fully saturated rings. The first-order valence-electron chi connectivity index (χ1n) is 9.67. The van der Waals surface area contributed by atoms with Crippen LogP contribution in [0.3, 0.4) is 0 Å². The van der Waals surface area contributed by atoms with E-state index in [-0.39, 0.29) is 5.92 Å². The third-order valence-electron chi connectivity index (χ3n) is 5.47. The number of rotatable bonds is 9. The maximum atomic E-state index is 11.4. The predicted octanol–water partition coefficient (Wildman–Crippen LogP) is 3.03. The number of likely N-dealkylation sites (N-methyl/N-ethyl adjacent to an activating group) is 1. The number of nitrogens with one attached hydrogen (secondary N) is 1. The summed E-state index contributed by atoms with van der Waals surface area (Å²) in [6, 6.07) is -0.645. The summed E-state index contributed by atoms with van der Waals surface area (Å²) >= 11 is 1.56. The third kappa shape index (κ3) is 4.62. The molecule has 3 N–H and O–H groups in total. The van der Waals surface area contributed by atoms with Crippen LogP contribution in [0.25, 0.3) is 10.2 Å². The molecule has 0 spiro atoms.